The lowest BCUT2D eigenvalue weighted by Crippen LogP contribution is -2.49. The van der Waals surface area contributed by atoms with Crippen molar-refractivity contribution in [1.29, 1.82) is 0 Å². The van der Waals surface area contributed by atoms with Crippen molar-refractivity contribution in [3.05, 3.63) is 72.6 Å². The molecule has 2 heterocycles. The molecule has 0 bridgehead atoms. The fourth-order valence-electron chi connectivity index (χ4n) is 3.42. The van der Waals surface area contributed by atoms with Gasteiger partial charge in [0.1, 0.15) is 12.1 Å². The van der Waals surface area contributed by atoms with Crippen LogP contribution in [0.15, 0.2) is 71.9 Å². The molecule has 5 nitrogen and oxygen atoms in total. The number of rotatable bonds is 4. The van der Waals surface area contributed by atoms with Gasteiger partial charge in [0.15, 0.2) is 0 Å². The molecule has 1 aliphatic heterocycles. The molecule has 2 aromatic carbocycles. The minimum atomic E-state index is 0.109. The Balaban J connectivity index is 1.45. The molecule has 0 saturated carbocycles. The van der Waals surface area contributed by atoms with Gasteiger partial charge in [-0.3, -0.25) is 4.79 Å². The third-order valence-electron chi connectivity index (χ3n) is 4.95. The smallest absolute Gasteiger partial charge is 0.255 e. The van der Waals surface area contributed by atoms with Crippen LogP contribution in [0.5, 0.6) is 0 Å². The predicted molar refractivity (Wildman–Crippen MR) is 114 cm³/mol. The third-order valence-corrected chi connectivity index (χ3v) is 5.75. The Morgan fingerprint density at radius 2 is 1.64 bits per heavy atom. The van der Waals surface area contributed by atoms with Crippen LogP contribution in [0.1, 0.15) is 10.4 Å². The monoisotopic (exact) mass is 390 g/mol. The van der Waals surface area contributed by atoms with Gasteiger partial charge in [-0.15, -0.1) is 11.8 Å². The second-order valence-electron chi connectivity index (χ2n) is 6.61. The van der Waals surface area contributed by atoms with Crippen molar-refractivity contribution in [3.63, 3.8) is 0 Å². The van der Waals surface area contributed by atoms with Crippen molar-refractivity contribution >= 4 is 23.5 Å². The van der Waals surface area contributed by atoms with E-state index in [2.05, 4.69) is 14.9 Å². The number of piperazine rings is 1. The molecule has 1 amide bonds. The van der Waals surface area contributed by atoms with Crippen LogP contribution in [0, 0.1) is 0 Å². The van der Waals surface area contributed by atoms with E-state index in [1.165, 1.54) is 0 Å². The molecule has 0 N–H and O–H groups in total. The number of amides is 1. The zero-order chi connectivity index (χ0) is 19.3. The minimum absolute atomic E-state index is 0.109. The van der Waals surface area contributed by atoms with Crippen LogP contribution in [0.2, 0.25) is 0 Å². The standard InChI is InChI=1S/C22H22N4OS/c1-28-20-10-6-5-9-18(20)22(27)26-13-11-25(12-14-26)21-15-19(23-16-24-21)17-7-3-2-4-8-17/h2-10,15-16H,11-14H2,1H3. The van der Waals surface area contributed by atoms with E-state index in [4.69, 9.17) is 0 Å². The van der Waals surface area contributed by atoms with Crippen molar-refractivity contribution < 1.29 is 4.79 Å². The van der Waals surface area contributed by atoms with Gasteiger partial charge in [-0.25, -0.2) is 9.97 Å². The van der Waals surface area contributed by atoms with Crippen LogP contribution in [0.4, 0.5) is 5.82 Å². The first-order valence-electron chi connectivity index (χ1n) is 9.31. The number of thioether (sulfide) groups is 1. The summed E-state index contributed by atoms with van der Waals surface area (Å²) < 4.78 is 0. The second kappa shape index (κ2) is 8.44. The number of hydrogen-bond donors (Lipinski definition) is 0. The van der Waals surface area contributed by atoms with E-state index in [0.29, 0.717) is 13.1 Å². The maximum Gasteiger partial charge on any atom is 0.255 e. The van der Waals surface area contributed by atoms with E-state index in [0.717, 1.165) is 40.6 Å². The predicted octanol–water partition coefficient (Wildman–Crippen LogP) is 3.83. The molecule has 0 atom stereocenters. The molecular weight excluding hydrogens is 368 g/mol. The highest BCUT2D eigenvalue weighted by Crippen LogP contribution is 2.24. The highest BCUT2D eigenvalue weighted by molar-refractivity contribution is 7.98. The molecule has 0 radical (unpaired) electrons. The summed E-state index contributed by atoms with van der Waals surface area (Å²) in [7, 11) is 0. The number of carbonyl (C=O) groups is 1. The van der Waals surface area contributed by atoms with Gasteiger partial charge in [-0.2, -0.15) is 0 Å². The van der Waals surface area contributed by atoms with Gasteiger partial charge in [0, 0.05) is 42.7 Å². The fourth-order valence-corrected chi connectivity index (χ4v) is 4.01. The number of hydrogen-bond acceptors (Lipinski definition) is 5. The molecule has 0 aliphatic carbocycles. The van der Waals surface area contributed by atoms with Gasteiger partial charge >= 0.3 is 0 Å². The van der Waals surface area contributed by atoms with Crippen molar-refractivity contribution in [2.45, 2.75) is 4.90 Å². The van der Waals surface area contributed by atoms with Gasteiger partial charge in [0.2, 0.25) is 0 Å². The summed E-state index contributed by atoms with van der Waals surface area (Å²) in [5.74, 6) is 1.02. The van der Waals surface area contributed by atoms with Crippen LogP contribution < -0.4 is 4.90 Å². The Morgan fingerprint density at radius 3 is 2.39 bits per heavy atom. The first-order chi connectivity index (χ1) is 13.8. The van der Waals surface area contributed by atoms with Gasteiger partial charge in [0.05, 0.1) is 11.3 Å². The second-order valence-corrected chi connectivity index (χ2v) is 7.46. The Hall–Kier alpha value is -2.86. The Labute approximate surface area is 169 Å². The van der Waals surface area contributed by atoms with Gasteiger partial charge in [-0.1, -0.05) is 42.5 Å². The van der Waals surface area contributed by atoms with Crippen molar-refractivity contribution in [2.24, 2.45) is 0 Å². The summed E-state index contributed by atoms with van der Waals surface area (Å²) in [5.41, 5.74) is 2.78. The lowest BCUT2D eigenvalue weighted by atomic mass is 10.1. The highest BCUT2D eigenvalue weighted by Gasteiger charge is 2.24. The summed E-state index contributed by atoms with van der Waals surface area (Å²) >= 11 is 1.61. The normalized spacial score (nSPS) is 14.2. The summed E-state index contributed by atoms with van der Waals surface area (Å²) in [6.45, 7) is 2.90. The fraction of sp³-hybridized carbons (Fsp3) is 0.227. The van der Waals surface area contributed by atoms with Crippen molar-refractivity contribution in [1.82, 2.24) is 14.9 Å². The molecule has 1 saturated heterocycles. The molecule has 3 aromatic rings. The van der Waals surface area contributed by atoms with E-state index in [-0.39, 0.29) is 5.91 Å². The third kappa shape index (κ3) is 3.87. The van der Waals surface area contributed by atoms with Gasteiger partial charge in [-0.05, 0) is 18.4 Å². The van der Waals surface area contributed by atoms with Gasteiger partial charge in [0.25, 0.3) is 5.91 Å². The number of carbonyl (C=O) groups excluding carboxylic acids is 1. The lowest BCUT2D eigenvalue weighted by Gasteiger charge is -2.35. The number of benzene rings is 2. The maximum atomic E-state index is 12.9. The van der Waals surface area contributed by atoms with Crippen LogP contribution in [0.25, 0.3) is 11.3 Å². The first-order valence-corrected chi connectivity index (χ1v) is 10.5. The van der Waals surface area contributed by atoms with Crippen LogP contribution in [-0.4, -0.2) is 53.2 Å². The zero-order valence-corrected chi connectivity index (χ0v) is 16.6. The average Bonchev–Trinajstić information content (AvgIpc) is 2.79. The summed E-state index contributed by atoms with van der Waals surface area (Å²) in [6, 6.07) is 19.9. The molecule has 28 heavy (non-hydrogen) atoms. The molecular formula is C22H22N4OS. The Morgan fingerprint density at radius 1 is 0.929 bits per heavy atom. The number of aromatic nitrogens is 2. The lowest BCUT2D eigenvalue weighted by molar-refractivity contribution is 0.0743. The van der Waals surface area contributed by atoms with Crippen LogP contribution in [0.3, 0.4) is 0 Å². The quantitative estimate of drug-likeness (QED) is 0.634. The Kier molecular flexibility index (Phi) is 5.58. The molecule has 1 fully saturated rings. The molecule has 6 heteroatoms. The maximum absolute atomic E-state index is 12.9. The topological polar surface area (TPSA) is 49.3 Å². The van der Waals surface area contributed by atoms with Crippen LogP contribution in [-0.2, 0) is 0 Å². The molecule has 0 spiro atoms. The molecule has 1 aromatic heterocycles. The number of anilines is 1. The van der Waals surface area contributed by atoms with Crippen LogP contribution >= 0.6 is 11.8 Å². The SMILES string of the molecule is CSc1ccccc1C(=O)N1CCN(c2cc(-c3ccccc3)ncn2)CC1. The summed E-state index contributed by atoms with van der Waals surface area (Å²) in [6.07, 6.45) is 3.62. The average molecular weight is 391 g/mol. The summed E-state index contributed by atoms with van der Waals surface area (Å²) in [5, 5.41) is 0. The highest BCUT2D eigenvalue weighted by atomic mass is 32.2. The molecule has 4 rings (SSSR count). The largest absolute Gasteiger partial charge is 0.353 e. The number of nitrogens with zero attached hydrogens (tertiary/aromatic N) is 4. The Bertz CT molecular complexity index is 956. The summed E-state index contributed by atoms with van der Waals surface area (Å²) in [4.78, 5) is 27.0. The minimum Gasteiger partial charge on any atom is -0.353 e. The van der Waals surface area contributed by atoms with Crippen molar-refractivity contribution in [3.8, 4) is 11.3 Å². The van der Waals surface area contributed by atoms with E-state index in [1.807, 2.05) is 71.8 Å². The molecule has 0 unspecified atom stereocenters. The first kappa shape index (κ1) is 18.5. The van der Waals surface area contributed by atoms with E-state index < -0.39 is 0 Å². The zero-order valence-electron chi connectivity index (χ0n) is 15.8. The van der Waals surface area contributed by atoms with Gasteiger partial charge < -0.3 is 9.80 Å². The molecule has 142 valence electrons. The van der Waals surface area contributed by atoms with E-state index in [1.54, 1.807) is 18.1 Å². The molecule has 1 aliphatic rings. The van der Waals surface area contributed by atoms with E-state index in [9.17, 15) is 4.79 Å². The van der Waals surface area contributed by atoms with Crippen molar-refractivity contribution in [2.75, 3.05) is 37.3 Å². The van der Waals surface area contributed by atoms with E-state index >= 15 is 0 Å².